The number of ether oxygens (including phenoxy) is 1. The summed E-state index contributed by atoms with van der Waals surface area (Å²) in [5.41, 5.74) is -3.96. The van der Waals surface area contributed by atoms with E-state index in [2.05, 4.69) is 9.98 Å². The fraction of sp³-hybridized carbons (Fsp3) is 0.304. The number of benzene rings is 2. The van der Waals surface area contributed by atoms with Gasteiger partial charge in [-0.25, -0.2) is 19.6 Å². The minimum absolute atomic E-state index is 0.0433. The largest absolute Gasteiger partial charge is 0.486 e. The van der Waals surface area contributed by atoms with Gasteiger partial charge in [0.1, 0.15) is 12.4 Å². The van der Waals surface area contributed by atoms with Crippen molar-refractivity contribution in [3.63, 3.8) is 0 Å². The first-order chi connectivity index (χ1) is 16.8. The highest BCUT2D eigenvalue weighted by molar-refractivity contribution is 6.37. The molecule has 0 fully saturated rings. The normalized spacial score (nSPS) is 17.5. The Morgan fingerprint density at radius 3 is 2.28 bits per heavy atom. The molecule has 0 aromatic heterocycles. The molecule has 0 spiro atoms. The highest BCUT2D eigenvalue weighted by atomic mass is 35.5. The van der Waals surface area contributed by atoms with Crippen LogP contribution in [0.3, 0.4) is 0 Å². The predicted molar refractivity (Wildman–Crippen MR) is 129 cm³/mol. The monoisotopic (exact) mass is 564 g/mol. The van der Waals surface area contributed by atoms with E-state index in [1.807, 2.05) is 0 Å². The number of carboxylic acid groups (broad SMARTS) is 2. The maximum absolute atomic E-state index is 13.7. The van der Waals surface area contributed by atoms with Crippen molar-refractivity contribution in [2.45, 2.75) is 44.5 Å². The van der Waals surface area contributed by atoms with Gasteiger partial charge in [0.15, 0.2) is 11.5 Å². The minimum Gasteiger partial charge on any atom is -0.486 e. The number of hydrogen-bond donors (Lipinski definition) is 2. The van der Waals surface area contributed by atoms with Crippen molar-refractivity contribution in [2.24, 2.45) is 9.98 Å². The first-order valence-electron chi connectivity index (χ1n) is 10.4. The Bertz CT molecular complexity index is 1260. The topological polar surface area (TPSA) is 109 Å². The first-order valence-corrected chi connectivity index (χ1v) is 11.5. The quantitative estimate of drug-likeness (QED) is 0.361. The second-order valence-corrected chi connectivity index (χ2v) is 9.03. The molecule has 36 heavy (non-hydrogen) atoms. The molecular formula is C23H18Cl3F3N2O5. The Morgan fingerprint density at radius 1 is 1.11 bits per heavy atom. The lowest BCUT2D eigenvalue weighted by Gasteiger charge is -2.25. The summed E-state index contributed by atoms with van der Waals surface area (Å²) in [5, 5.41) is 18.7. The van der Waals surface area contributed by atoms with Gasteiger partial charge in [0.05, 0.1) is 20.6 Å². The van der Waals surface area contributed by atoms with Crippen molar-refractivity contribution in [2.75, 3.05) is 0 Å². The molecular weight excluding hydrogens is 548 g/mol. The second kappa shape index (κ2) is 10.7. The third-order valence-corrected chi connectivity index (χ3v) is 6.26. The van der Waals surface area contributed by atoms with Gasteiger partial charge in [0.25, 0.3) is 0 Å². The molecule has 2 aromatic rings. The van der Waals surface area contributed by atoms with E-state index >= 15 is 0 Å². The SMILES string of the molecule is CCCC1=NC(Cc2cc(Cl)c(OCc3cccc(C(=O)O)c3Cl)c(Cl)c2)(C(=O)O)C(C(F)(F)F)=N1. The minimum atomic E-state index is -5.03. The molecule has 1 aliphatic rings. The molecule has 1 heterocycles. The summed E-state index contributed by atoms with van der Waals surface area (Å²) in [6.07, 6.45) is -5.24. The number of nitrogens with zero attached hydrogens (tertiary/aromatic N) is 2. The van der Waals surface area contributed by atoms with E-state index in [1.165, 1.54) is 30.3 Å². The van der Waals surface area contributed by atoms with Crippen LogP contribution < -0.4 is 4.74 Å². The highest BCUT2D eigenvalue weighted by Crippen LogP contribution is 2.40. The van der Waals surface area contributed by atoms with Gasteiger partial charge in [-0.1, -0.05) is 53.9 Å². The van der Waals surface area contributed by atoms with Crippen LogP contribution in [0.1, 0.15) is 41.3 Å². The zero-order chi connectivity index (χ0) is 26.8. The van der Waals surface area contributed by atoms with Crippen LogP contribution in [0.4, 0.5) is 13.2 Å². The molecule has 13 heteroatoms. The van der Waals surface area contributed by atoms with E-state index in [-0.39, 0.29) is 50.8 Å². The Morgan fingerprint density at radius 2 is 1.75 bits per heavy atom. The van der Waals surface area contributed by atoms with Crippen LogP contribution >= 0.6 is 34.8 Å². The van der Waals surface area contributed by atoms with Gasteiger partial charge in [0, 0.05) is 18.4 Å². The van der Waals surface area contributed by atoms with Gasteiger partial charge in [-0.15, -0.1) is 0 Å². The maximum Gasteiger partial charge on any atom is 0.432 e. The number of aliphatic imine (C=N–C) groups is 2. The van der Waals surface area contributed by atoms with E-state index in [9.17, 15) is 33.0 Å². The molecule has 0 saturated carbocycles. The van der Waals surface area contributed by atoms with Gasteiger partial charge < -0.3 is 14.9 Å². The molecule has 2 aromatic carbocycles. The number of carboxylic acids is 2. The molecule has 2 N–H and O–H groups in total. The van der Waals surface area contributed by atoms with Crippen LogP contribution in [-0.4, -0.2) is 45.4 Å². The van der Waals surface area contributed by atoms with Crippen molar-refractivity contribution in [3.8, 4) is 5.75 Å². The third-order valence-electron chi connectivity index (χ3n) is 5.25. The number of aromatic carboxylic acids is 1. The number of aliphatic carboxylic acids is 1. The smallest absolute Gasteiger partial charge is 0.432 e. The van der Waals surface area contributed by atoms with Crippen molar-refractivity contribution in [1.82, 2.24) is 0 Å². The number of hydrogen-bond acceptors (Lipinski definition) is 5. The molecule has 7 nitrogen and oxygen atoms in total. The first kappa shape index (κ1) is 27.8. The van der Waals surface area contributed by atoms with Gasteiger partial charge in [-0.3, -0.25) is 0 Å². The molecule has 0 saturated heterocycles. The van der Waals surface area contributed by atoms with Crippen LogP contribution in [0.15, 0.2) is 40.3 Å². The zero-order valence-corrected chi connectivity index (χ0v) is 20.8. The molecule has 0 bridgehead atoms. The van der Waals surface area contributed by atoms with E-state index in [4.69, 9.17) is 39.5 Å². The molecule has 3 rings (SSSR count). The summed E-state index contributed by atoms with van der Waals surface area (Å²) >= 11 is 18.6. The molecule has 192 valence electrons. The standard InChI is InChI=1S/C23H18Cl3F3N2O5/c1-2-4-16-30-20(23(27,28)29)22(31-16,21(34)35)9-11-7-14(24)18(15(25)8-11)36-10-12-5-3-6-13(17(12)26)19(32)33/h3,5-8H,2,4,9-10H2,1H3,(H,32,33)(H,34,35). The molecule has 1 aliphatic heterocycles. The molecule has 1 unspecified atom stereocenters. The second-order valence-electron chi connectivity index (χ2n) is 7.84. The number of carbonyl (C=O) groups is 2. The van der Waals surface area contributed by atoms with E-state index < -0.39 is 35.8 Å². The van der Waals surface area contributed by atoms with Crippen LogP contribution in [0.25, 0.3) is 0 Å². The van der Waals surface area contributed by atoms with Crippen LogP contribution in [-0.2, 0) is 17.8 Å². The van der Waals surface area contributed by atoms with E-state index in [0.717, 1.165) is 0 Å². The molecule has 1 atom stereocenters. The van der Waals surface area contributed by atoms with Crippen LogP contribution in [0.5, 0.6) is 5.75 Å². The lowest BCUT2D eigenvalue weighted by molar-refractivity contribution is -0.142. The zero-order valence-electron chi connectivity index (χ0n) is 18.5. The molecule has 0 amide bonds. The number of rotatable bonds is 9. The Kier molecular flexibility index (Phi) is 8.22. The average Bonchev–Trinajstić information content (AvgIpc) is 3.14. The molecule has 0 aliphatic carbocycles. The van der Waals surface area contributed by atoms with E-state index in [0.29, 0.717) is 12.0 Å². The number of amidine groups is 1. The molecule has 0 radical (unpaired) electrons. The third kappa shape index (κ3) is 5.61. The number of halogens is 6. The van der Waals surface area contributed by atoms with Crippen molar-refractivity contribution >= 4 is 58.3 Å². The van der Waals surface area contributed by atoms with Crippen LogP contribution in [0, 0.1) is 0 Å². The van der Waals surface area contributed by atoms with Gasteiger partial charge >= 0.3 is 18.1 Å². The fourth-order valence-corrected chi connectivity index (χ4v) is 4.56. The summed E-state index contributed by atoms with van der Waals surface area (Å²) in [6.45, 7) is 1.49. The lowest BCUT2D eigenvalue weighted by Crippen LogP contribution is -2.51. The summed E-state index contributed by atoms with van der Waals surface area (Å²) in [4.78, 5) is 30.7. The predicted octanol–water partition coefficient (Wildman–Crippen LogP) is 6.51. The van der Waals surface area contributed by atoms with E-state index in [1.54, 1.807) is 6.92 Å². The van der Waals surface area contributed by atoms with Gasteiger partial charge in [-0.2, -0.15) is 13.2 Å². The van der Waals surface area contributed by atoms with Crippen molar-refractivity contribution in [1.29, 1.82) is 0 Å². The highest BCUT2D eigenvalue weighted by Gasteiger charge is 2.58. The fourth-order valence-electron chi connectivity index (χ4n) is 3.66. The Hall–Kier alpha value is -2.82. The van der Waals surface area contributed by atoms with Crippen LogP contribution in [0.2, 0.25) is 15.1 Å². The summed E-state index contributed by atoms with van der Waals surface area (Å²) in [6, 6.07) is 6.78. The summed E-state index contributed by atoms with van der Waals surface area (Å²) in [7, 11) is 0. The van der Waals surface area contributed by atoms with Gasteiger partial charge in [0.2, 0.25) is 5.54 Å². The maximum atomic E-state index is 13.7. The summed E-state index contributed by atoms with van der Waals surface area (Å²) in [5.74, 6) is -3.29. The average molecular weight is 566 g/mol. The van der Waals surface area contributed by atoms with Crippen molar-refractivity contribution in [3.05, 3.63) is 62.1 Å². The van der Waals surface area contributed by atoms with Gasteiger partial charge in [-0.05, 0) is 30.2 Å². The Labute approximate surface area is 218 Å². The van der Waals surface area contributed by atoms with Crippen molar-refractivity contribution < 1.29 is 37.7 Å². The lowest BCUT2D eigenvalue weighted by atomic mass is 9.86. The Balaban J connectivity index is 1.93. The number of alkyl halides is 3. The summed E-state index contributed by atoms with van der Waals surface area (Å²) < 4.78 is 46.8.